The molecule has 1 saturated carbocycles. The van der Waals surface area contributed by atoms with Crippen LogP contribution in [0.3, 0.4) is 0 Å². The number of imidazole rings is 1. The van der Waals surface area contributed by atoms with E-state index in [2.05, 4.69) is 32.8 Å². The molecule has 1 aliphatic carbocycles. The van der Waals surface area contributed by atoms with Gasteiger partial charge < -0.3 is 26.7 Å². The van der Waals surface area contributed by atoms with Gasteiger partial charge in [-0.15, -0.1) is 0 Å². The average Bonchev–Trinajstić information content (AvgIpc) is 3.12. The maximum atomic E-state index is 14.4. The van der Waals surface area contributed by atoms with Gasteiger partial charge in [0.15, 0.2) is 11.6 Å². The molecule has 1 heterocycles. The zero-order chi connectivity index (χ0) is 25.7. The van der Waals surface area contributed by atoms with E-state index < -0.39 is 23.1 Å². The number of carbonyl (C=O) groups is 1. The number of nitrogens with one attached hydrogen (secondary N) is 5. The smallest absolute Gasteiger partial charge is 0.223 e. The molecule has 1 aromatic heterocycles. The van der Waals surface area contributed by atoms with Gasteiger partial charge in [0.1, 0.15) is 23.0 Å². The monoisotopic (exact) mass is 491 g/mol. The summed E-state index contributed by atoms with van der Waals surface area (Å²) in [5.74, 6) is -2.36. The number of hydrogen-bond donors (Lipinski definition) is 5. The first kappa shape index (κ1) is 26.1. The van der Waals surface area contributed by atoms with Crippen molar-refractivity contribution in [3.8, 4) is 0 Å². The Hall–Kier alpha value is -3.50. The van der Waals surface area contributed by atoms with Crippen molar-refractivity contribution in [2.45, 2.75) is 58.5 Å². The molecule has 0 unspecified atom stereocenters. The molecule has 0 bridgehead atoms. The fourth-order valence-corrected chi connectivity index (χ4v) is 4.33. The van der Waals surface area contributed by atoms with Gasteiger partial charge in [-0.05, 0) is 46.5 Å². The minimum Gasteiger partial charge on any atom is -0.370 e. The highest BCUT2D eigenvalue weighted by Gasteiger charge is 2.31. The fourth-order valence-electron chi connectivity index (χ4n) is 4.33. The third-order valence-electron chi connectivity index (χ3n) is 5.83. The second kappa shape index (κ2) is 11.3. The van der Waals surface area contributed by atoms with Crippen LogP contribution < -0.4 is 21.3 Å². The number of anilines is 3. The summed E-state index contributed by atoms with van der Waals surface area (Å²) in [6, 6.07) is 1.08. The Morgan fingerprint density at radius 2 is 1.86 bits per heavy atom. The van der Waals surface area contributed by atoms with Crippen LogP contribution >= 0.6 is 0 Å². The predicted octanol–water partition coefficient (Wildman–Crippen LogP) is 4.79. The molecule has 1 aromatic carbocycles. The topological polar surface area (TPSA) is 107 Å². The first-order valence-electron chi connectivity index (χ1n) is 11.7. The predicted molar refractivity (Wildman–Crippen MR) is 130 cm³/mol. The van der Waals surface area contributed by atoms with E-state index >= 15 is 0 Å². The Labute approximate surface area is 202 Å². The molecule has 5 N–H and O–H groups in total. The van der Waals surface area contributed by atoms with Gasteiger partial charge in [-0.1, -0.05) is 6.58 Å². The Morgan fingerprint density at radius 1 is 1.23 bits per heavy atom. The number of hydrogen-bond acceptors (Lipinski definition) is 6. The lowest BCUT2D eigenvalue weighted by Crippen LogP contribution is -2.33. The van der Waals surface area contributed by atoms with Crippen LogP contribution in [0.2, 0.25) is 0 Å². The Bertz CT molecular complexity index is 1070. The van der Waals surface area contributed by atoms with Crippen LogP contribution in [0, 0.1) is 28.8 Å². The van der Waals surface area contributed by atoms with E-state index in [0.717, 1.165) is 6.21 Å². The summed E-state index contributed by atoms with van der Waals surface area (Å²) in [5, 5.41) is 19.6. The number of rotatable bonds is 10. The number of benzene rings is 1. The quantitative estimate of drug-likeness (QED) is 0.307. The van der Waals surface area contributed by atoms with Gasteiger partial charge in [0, 0.05) is 42.9 Å². The molecule has 3 rings (SSSR count). The molecule has 0 saturated heterocycles. The zero-order valence-corrected chi connectivity index (χ0v) is 20.1. The van der Waals surface area contributed by atoms with Crippen molar-refractivity contribution in [2.24, 2.45) is 5.92 Å². The van der Waals surface area contributed by atoms with Gasteiger partial charge in [-0.25, -0.2) is 18.2 Å². The molecule has 0 radical (unpaired) electrons. The molecular formula is C24H32F3N7O. The molecule has 0 atom stereocenters. The molecule has 8 nitrogen and oxygen atoms in total. The molecule has 35 heavy (non-hydrogen) atoms. The fraction of sp³-hybridized carbons (Fsp3) is 0.458. The first-order valence-corrected chi connectivity index (χ1v) is 11.7. The van der Waals surface area contributed by atoms with E-state index in [9.17, 15) is 18.0 Å². The Balaban J connectivity index is 2.00. The molecule has 11 heteroatoms. The van der Waals surface area contributed by atoms with Gasteiger partial charge in [0.05, 0.1) is 5.82 Å². The molecule has 0 aliphatic heterocycles. The normalized spacial score (nSPS) is 17.7. The number of aromatic nitrogens is 2. The molecular weight excluding hydrogens is 459 g/mol. The second-order valence-corrected chi connectivity index (χ2v) is 8.86. The van der Waals surface area contributed by atoms with Crippen LogP contribution in [0.1, 0.15) is 58.2 Å². The van der Waals surface area contributed by atoms with Crippen LogP contribution in [-0.2, 0) is 4.79 Å². The van der Waals surface area contributed by atoms with Crippen LogP contribution in [0.25, 0.3) is 0 Å². The highest BCUT2D eigenvalue weighted by atomic mass is 19.1. The lowest BCUT2D eigenvalue weighted by atomic mass is 9.85. The van der Waals surface area contributed by atoms with Crippen molar-refractivity contribution in [1.82, 2.24) is 20.2 Å². The van der Waals surface area contributed by atoms with E-state index in [4.69, 9.17) is 5.41 Å². The number of halogens is 3. The van der Waals surface area contributed by atoms with E-state index in [-0.39, 0.29) is 35.6 Å². The van der Waals surface area contributed by atoms with Crippen LogP contribution in [0.15, 0.2) is 24.5 Å². The average molecular weight is 492 g/mol. The van der Waals surface area contributed by atoms with E-state index in [1.165, 1.54) is 0 Å². The summed E-state index contributed by atoms with van der Waals surface area (Å²) < 4.78 is 44.0. The van der Waals surface area contributed by atoms with Crippen molar-refractivity contribution >= 4 is 29.6 Å². The molecule has 2 aromatic rings. The van der Waals surface area contributed by atoms with E-state index in [1.807, 2.05) is 20.8 Å². The highest BCUT2D eigenvalue weighted by Crippen LogP contribution is 2.39. The summed E-state index contributed by atoms with van der Waals surface area (Å²) in [4.78, 5) is 16.7. The van der Waals surface area contributed by atoms with Crippen LogP contribution in [0.4, 0.5) is 30.6 Å². The maximum absolute atomic E-state index is 14.4. The van der Waals surface area contributed by atoms with Gasteiger partial charge in [-0.3, -0.25) is 9.36 Å². The number of amides is 1. The van der Waals surface area contributed by atoms with Gasteiger partial charge >= 0.3 is 0 Å². The van der Waals surface area contributed by atoms with Gasteiger partial charge in [-0.2, -0.15) is 0 Å². The third kappa shape index (κ3) is 6.14. The SMILES string of the molecule is C=C(Nc1c(C=N)nc(Nc2c(F)cc(F)cc2F)n1C1CCC(C(=O)NCC)CC1)NC(C)C. The van der Waals surface area contributed by atoms with Gasteiger partial charge in [0.2, 0.25) is 11.9 Å². The van der Waals surface area contributed by atoms with Crippen molar-refractivity contribution in [3.05, 3.63) is 47.7 Å². The van der Waals surface area contributed by atoms with Crippen LogP contribution in [0.5, 0.6) is 0 Å². The lowest BCUT2D eigenvalue weighted by Gasteiger charge is -2.31. The van der Waals surface area contributed by atoms with E-state index in [1.54, 1.807) is 4.57 Å². The summed E-state index contributed by atoms with van der Waals surface area (Å²) in [5.41, 5.74) is -0.316. The molecule has 1 amide bonds. The van der Waals surface area contributed by atoms with Crippen molar-refractivity contribution in [3.63, 3.8) is 0 Å². The first-order chi connectivity index (χ1) is 16.6. The van der Waals surface area contributed by atoms with Crippen molar-refractivity contribution in [1.29, 1.82) is 5.41 Å². The maximum Gasteiger partial charge on any atom is 0.223 e. The van der Waals surface area contributed by atoms with Gasteiger partial charge in [0.25, 0.3) is 0 Å². The number of nitrogens with zero attached hydrogens (tertiary/aromatic N) is 2. The summed E-state index contributed by atoms with van der Waals surface area (Å²) in [6.45, 7) is 10.3. The molecule has 1 aliphatic rings. The Kier molecular flexibility index (Phi) is 8.42. The minimum absolute atomic E-state index is 0.0124. The van der Waals surface area contributed by atoms with E-state index in [0.29, 0.717) is 56.0 Å². The lowest BCUT2D eigenvalue weighted by molar-refractivity contribution is -0.126. The Morgan fingerprint density at radius 3 is 2.40 bits per heavy atom. The summed E-state index contributed by atoms with van der Waals surface area (Å²) in [7, 11) is 0. The molecule has 0 spiro atoms. The molecule has 1 fully saturated rings. The van der Waals surface area contributed by atoms with Crippen molar-refractivity contribution < 1.29 is 18.0 Å². The molecule has 190 valence electrons. The minimum atomic E-state index is -1.10. The summed E-state index contributed by atoms with van der Waals surface area (Å²) in [6.07, 6.45) is 3.50. The summed E-state index contributed by atoms with van der Waals surface area (Å²) >= 11 is 0. The second-order valence-electron chi connectivity index (χ2n) is 8.86. The van der Waals surface area contributed by atoms with Crippen LogP contribution in [-0.4, -0.2) is 34.3 Å². The highest BCUT2D eigenvalue weighted by molar-refractivity contribution is 5.84. The third-order valence-corrected chi connectivity index (χ3v) is 5.83. The largest absolute Gasteiger partial charge is 0.370 e. The zero-order valence-electron chi connectivity index (χ0n) is 20.1. The number of carbonyl (C=O) groups excluding carboxylic acids is 1. The van der Waals surface area contributed by atoms with Crippen molar-refractivity contribution in [2.75, 3.05) is 17.2 Å². The standard InChI is InChI=1S/C24H32F3N7O/c1-5-29-23(35)15-6-8-17(9-7-15)34-22(31-14(4)30-13(2)3)20(12-28)32-24(34)33-21-18(26)10-16(25)11-19(21)27/h10-13,15,17,28,30-31H,4-9H2,1-3H3,(H,29,35)(H,32,33).